The van der Waals surface area contributed by atoms with E-state index in [1.165, 1.54) is 16.8 Å². The van der Waals surface area contributed by atoms with Gasteiger partial charge in [-0.05, 0) is 43.3 Å². The summed E-state index contributed by atoms with van der Waals surface area (Å²) in [5.41, 5.74) is 3.82. The molecule has 1 atom stereocenters. The number of halogens is 2. The smallest absolute Gasteiger partial charge is 0.0437 e. The van der Waals surface area contributed by atoms with Crippen molar-refractivity contribution in [2.75, 3.05) is 19.0 Å². The van der Waals surface area contributed by atoms with Crippen molar-refractivity contribution in [2.45, 2.75) is 19.5 Å². The van der Waals surface area contributed by atoms with Crippen LogP contribution in [0.5, 0.6) is 0 Å². The second-order valence-corrected chi connectivity index (χ2v) is 6.93. The molecule has 0 saturated heterocycles. The van der Waals surface area contributed by atoms with Crippen LogP contribution in [-0.2, 0) is 6.54 Å². The lowest BCUT2D eigenvalue weighted by Gasteiger charge is -2.26. The van der Waals surface area contributed by atoms with Crippen LogP contribution in [0.3, 0.4) is 0 Å². The zero-order valence-electron chi connectivity index (χ0n) is 12.5. The molecule has 0 aliphatic heterocycles. The lowest BCUT2D eigenvalue weighted by molar-refractivity contribution is 0.649. The van der Waals surface area contributed by atoms with E-state index in [4.69, 9.17) is 0 Å². The van der Waals surface area contributed by atoms with E-state index in [1.807, 2.05) is 13.1 Å². The number of rotatable bonds is 5. The molecule has 0 radical (unpaired) electrons. The van der Waals surface area contributed by atoms with Crippen LogP contribution in [0, 0.1) is 0 Å². The Morgan fingerprint density at radius 2 is 1.86 bits per heavy atom. The molecule has 2 aromatic carbocycles. The number of nitrogens with zero attached hydrogens (tertiary/aromatic N) is 1. The van der Waals surface area contributed by atoms with Gasteiger partial charge >= 0.3 is 0 Å². The quantitative estimate of drug-likeness (QED) is 0.733. The maximum atomic E-state index is 3.62. The van der Waals surface area contributed by atoms with Crippen molar-refractivity contribution >= 4 is 37.5 Å². The Morgan fingerprint density at radius 3 is 2.52 bits per heavy atom. The molecule has 0 heterocycles. The third-order valence-electron chi connectivity index (χ3n) is 3.67. The van der Waals surface area contributed by atoms with Gasteiger partial charge in [0.15, 0.2) is 0 Å². The summed E-state index contributed by atoms with van der Waals surface area (Å²) in [6.07, 6.45) is 0. The molecule has 0 aliphatic rings. The van der Waals surface area contributed by atoms with Crippen molar-refractivity contribution in [3.63, 3.8) is 0 Å². The molecule has 2 aromatic rings. The molecule has 0 aromatic heterocycles. The van der Waals surface area contributed by atoms with Crippen molar-refractivity contribution < 1.29 is 0 Å². The number of nitrogens with one attached hydrogen (secondary N) is 1. The summed E-state index contributed by atoms with van der Waals surface area (Å²) >= 11 is 7.20. The van der Waals surface area contributed by atoms with Crippen LogP contribution in [0.1, 0.15) is 24.1 Å². The molecule has 4 heteroatoms. The Kier molecular flexibility index (Phi) is 5.85. The van der Waals surface area contributed by atoms with Crippen molar-refractivity contribution in [1.29, 1.82) is 0 Å². The van der Waals surface area contributed by atoms with Crippen LogP contribution in [-0.4, -0.2) is 14.1 Å². The Balaban J connectivity index is 2.32. The predicted molar refractivity (Wildman–Crippen MR) is 97.9 cm³/mol. The summed E-state index contributed by atoms with van der Waals surface area (Å²) in [7, 11) is 4.12. The van der Waals surface area contributed by atoms with E-state index in [-0.39, 0.29) is 0 Å². The lowest BCUT2D eigenvalue weighted by Crippen LogP contribution is -2.21. The summed E-state index contributed by atoms with van der Waals surface area (Å²) in [5.74, 6) is 0. The van der Waals surface area contributed by atoms with Crippen LogP contribution in [0.25, 0.3) is 0 Å². The molecule has 0 saturated carbocycles. The highest BCUT2D eigenvalue weighted by Gasteiger charge is 2.14. The molecule has 0 spiro atoms. The first-order chi connectivity index (χ1) is 10.0. The molecule has 1 unspecified atom stereocenters. The SMILES string of the molecule is CNC(C)c1ccc(Br)cc1N(C)Cc1ccccc1Br. The van der Waals surface area contributed by atoms with Crippen LogP contribution < -0.4 is 10.2 Å². The van der Waals surface area contributed by atoms with E-state index < -0.39 is 0 Å². The van der Waals surface area contributed by atoms with Gasteiger partial charge < -0.3 is 10.2 Å². The number of benzene rings is 2. The van der Waals surface area contributed by atoms with E-state index in [9.17, 15) is 0 Å². The Hall–Kier alpha value is -0.840. The highest BCUT2D eigenvalue weighted by Crippen LogP contribution is 2.30. The van der Waals surface area contributed by atoms with E-state index in [1.54, 1.807) is 0 Å². The van der Waals surface area contributed by atoms with Gasteiger partial charge in [0, 0.05) is 34.3 Å². The Bertz CT molecular complexity index is 613. The van der Waals surface area contributed by atoms with Gasteiger partial charge in [-0.25, -0.2) is 0 Å². The van der Waals surface area contributed by atoms with Gasteiger partial charge in [-0.15, -0.1) is 0 Å². The second kappa shape index (κ2) is 7.43. The summed E-state index contributed by atoms with van der Waals surface area (Å²) < 4.78 is 2.25. The third kappa shape index (κ3) is 4.09. The monoisotopic (exact) mass is 410 g/mol. The van der Waals surface area contributed by atoms with Gasteiger partial charge in [0.05, 0.1) is 0 Å². The summed E-state index contributed by atoms with van der Waals surface area (Å²) in [4.78, 5) is 2.29. The molecule has 0 bridgehead atoms. The largest absolute Gasteiger partial charge is 0.370 e. The molecular formula is C17H20Br2N2. The topological polar surface area (TPSA) is 15.3 Å². The van der Waals surface area contributed by atoms with Crippen LogP contribution in [0.2, 0.25) is 0 Å². The van der Waals surface area contributed by atoms with Crippen molar-refractivity contribution in [3.8, 4) is 0 Å². The highest BCUT2D eigenvalue weighted by atomic mass is 79.9. The van der Waals surface area contributed by atoms with Crippen molar-refractivity contribution in [3.05, 3.63) is 62.5 Å². The minimum atomic E-state index is 0.315. The minimum Gasteiger partial charge on any atom is -0.370 e. The standard InChI is InChI=1S/C17H20Br2N2/c1-12(20-2)15-9-8-14(18)10-17(15)21(3)11-13-6-4-5-7-16(13)19/h4-10,12,20H,11H2,1-3H3. The van der Waals surface area contributed by atoms with E-state index in [0.29, 0.717) is 6.04 Å². The van der Waals surface area contributed by atoms with E-state index in [0.717, 1.165) is 15.5 Å². The van der Waals surface area contributed by atoms with E-state index in [2.05, 4.69) is 92.4 Å². The molecule has 0 aliphatic carbocycles. The molecule has 0 amide bonds. The van der Waals surface area contributed by atoms with Crippen molar-refractivity contribution in [1.82, 2.24) is 5.32 Å². The van der Waals surface area contributed by atoms with Crippen LogP contribution >= 0.6 is 31.9 Å². The van der Waals surface area contributed by atoms with Gasteiger partial charge in [0.25, 0.3) is 0 Å². The number of anilines is 1. The van der Waals surface area contributed by atoms with Crippen LogP contribution in [0.4, 0.5) is 5.69 Å². The zero-order valence-corrected chi connectivity index (χ0v) is 15.7. The first-order valence-electron chi connectivity index (χ1n) is 6.94. The second-order valence-electron chi connectivity index (χ2n) is 5.16. The fourth-order valence-electron chi connectivity index (χ4n) is 2.34. The third-order valence-corrected chi connectivity index (χ3v) is 4.94. The number of hydrogen-bond donors (Lipinski definition) is 1. The average molecular weight is 412 g/mol. The van der Waals surface area contributed by atoms with Gasteiger partial charge in [-0.1, -0.05) is 56.1 Å². The molecule has 112 valence electrons. The maximum absolute atomic E-state index is 3.62. The maximum Gasteiger partial charge on any atom is 0.0437 e. The summed E-state index contributed by atoms with van der Waals surface area (Å²) in [6, 6.07) is 15.1. The predicted octanol–water partition coefficient (Wildman–Crippen LogP) is 5.13. The fraction of sp³-hybridized carbons (Fsp3) is 0.294. The molecule has 0 fully saturated rings. The van der Waals surface area contributed by atoms with E-state index >= 15 is 0 Å². The molecule has 2 nitrogen and oxygen atoms in total. The van der Waals surface area contributed by atoms with Gasteiger partial charge in [0.2, 0.25) is 0 Å². The first-order valence-corrected chi connectivity index (χ1v) is 8.52. The fourth-order valence-corrected chi connectivity index (χ4v) is 3.10. The van der Waals surface area contributed by atoms with Gasteiger partial charge in [-0.2, -0.15) is 0 Å². The van der Waals surface area contributed by atoms with Gasteiger partial charge in [0.1, 0.15) is 0 Å². The zero-order chi connectivity index (χ0) is 15.4. The van der Waals surface area contributed by atoms with Crippen molar-refractivity contribution in [2.24, 2.45) is 0 Å². The lowest BCUT2D eigenvalue weighted by atomic mass is 10.0. The first kappa shape index (κ1) is 16.5. The highest BCUT2D eigenvalue weighted by molar-refractivity contribution is 9.10. The summed E-state index contributed by atoms with van der Waals surface area (Å²) in [6.45, 7) is 3.04. The average Bonchev–Trinajstić information content (AvgIpc) is 2.48. The minimum absolute atomic E-state index is 0.315. The van der Waals surface area contributed by atoms with Gasteiger partial charge in [-0.3, -0.25) is 0 Å². The Morgan fingerprint density at radius 1 is 1.14 bits per heavy atom. The Labute approximate surface area is 143 Å². The number of hydrogen-bond acceptors (Lipinski definition) is 2. The summed E-state index contributed by atoms with van der Waals surface area (Å²) in [5, 5.41) is 3.32. The normalized spacial score (nSPS) is 12.2. The molecule has 1 N–H and O–H groups in total. The van der Waals surface area contributed by atoms with Crippen LogP contribution in [0.15, 0.2) is 51.4 Å². The molecule has 21 heavy (non-hydrogen) atoms. The molecular weight excluding hydrogens is 392 g/mol. The molecule has 2 rings (SSSR count).